The maximum atomic E-state index is 12.9. The number of nitrogens with zero attached hydrogens (tertiary/aromatic N) is 2. The van der Waals surface area contributed by atoms with Crippen molar-refractivity contribution in [2.75, 3.05) is 16.8 Å². The molecule has 7 heteroatoms. The van der Waals surface area contributed by atoms with Crippen LogP contribution in [-0.2, 0) is 9.59 Å². The number of rotatable bonds is 6. The zero-order valence-corrected chi connectivity index (χ0v) is 17.4. The van der Waals surface area contributed by atoms with Crippen LogP contribution >= 0.6 is 0 Å². The maximum absolute atomic E-state index is 12.9. The molecular formula is C23H29N3O4. The molecule has 0 spiro atoms. The molecule has 2 amide bonds. The fourth-order valence-electron chi connectivity index (χ4n) is 5.09. The SMILES string of the molecule is C[C@@H]1CC[C@H]2C(=O)N(c3ccc(NCCC4=CCCCC4)c([N+](=O)[O-])c3)C(=O)[C@H]2C1. The van der Waals surface area contributed by atoms with Crippen LogP contribution in [0.15, 0.2) is 29.8 Å². The lowest BCUT2D eigenvalue weighted by molar-refractivity contribution is -0.383. The summed E-state index contributed by atoms with van der Waals surface area (Å²) in [5.41, 5.74) is 2.02. The molecule has 1 N–H and O–H groups in total. The third kappa shape index (κ3) is 3.98. The number of hydrogen-bond acceptors (Lipinski definition) is 5. The number of nitrogens with one attached hydrogen (secondary N) is 1. The predicted octanol–water partition coefficient (Wildman–Crippen LogP) is 4.82. The number of anilines is 2. The number of imide groups is 1. The molecule has 2 fully saturated rings. The number of carbonyl (C=O) groups excluding carboxylic acids is 2. The summed E-state index contributed by atoms with van der Waals surface area (Å²) in [5, 5.41) is 14.8. The smallest absolute Gasteiger partial charge is 0.294 e. The molecule has 160 valence electrons. The van der Waals surface area contributed by atoms with Gasteiger partial charge >= 0.3 is 0 Å². The van der Waals surface area contributed by atoms with Gasteiger partial charge in [0.1, 0.15) is 5.69 Å². The van der Waals surface area contributed by atoms with Crippen LogP contribution in [0.3, 0.4) is 0 Å². The highest BCUT2D eigenvalue weighted by Crippen LogP contribution is 2.43. The number of amides is 2. The van der Waals surface area contributed by atoms with Crippen molar-refractivity contribution in [3.05, 3.63) is 40.0 Å². The minimum absolute atomic E-state index is 0.103. The fraction of sp³-hybridized carbons (Fsp3) is 0.565. The van der Waals surface area contributed by atoms with Gasteiger partial charge in [-0.1, -0.05) is 18.6 Å². The first-order valence-corrected chi connectivity index (χ1v) is 11.0. The van der Waals surface area contributed by atoms with Crippen molar-refractivity contribution in [3.8, 4) is 0 Å². The van der Waals surface area contributed by atoms with Crippen LogP contribution in [0, 0.1) is 27.9 Å². The first-order valence-electron chi connectivity index (χ1n) is 11.0. The highest BCUT2D eigenvalue weighted by Gasteiger charge is 2.50. The Morgan fingerprint density at radius 2 is 1.97 bits per heavy atom. The summed E-state index contributed by atoms with van der Waals surface area (Å²) in [6, 6.07) is 4.62. The van der Waals surface area contributed by atoms with E-state index in [0.717, 1.165) is 25.7 Å². The van der Waals surface area contributed by atoms with Gasteiger partial charge in [-0.25, -0.2) is 4.90 Å². The van der Waals surface area contributed by atoms with Gasteiger partial charge in [0.25, 0.3) is 5.69 Å². The second-order valence-corrected chi connectivity index (χ2v) is 8.89. The van der Waals surface area contributed by atoms with Gasteiger partial charge in [-0.3, -0.25) is 19.7 Å². The molecule has 1 aromatic rings. The monoisotopic (exact) mass is 411 g/mol. The highest BCUT2D eigenvalue weighted by molar-refractivity contribution is 6.22. The Bertz CT molecular complexity index is 894. The van der Waals surface area contributed by atoms with E-state index in [9.17, 15) is 19.7 Å². The van der Waals surface area contributed by atoms with Gasteiger partial charge in [-0.05, 0) is 69.4 Å². The van der Waals surface area contributed by atoms with Crippen molar-refractivity contribution in [2.45, 2.75) is 58.3 Å². The van der Waals surface area contributed by atoms with Gasteiger partial charge in [0.2, 0.25) is 11.8 Å². The van der Waals surface area contributed by atoms with Crippen molar-refractivity contribution in [3.63, 3.8) is 0 Å². The second-order valence-electron chi connectivity index (χ2n) is 8.89. The average Bonchev–Trinajstić information content (AvgIpc) is 2.98. The molecule has 2 aliphatic carbocycles. The summed E-state index contributed by atoms with van der Waals surface area (Å²) in [5.74, 6) is -0.578. The van der Waals surface area contributed by atoms with E-state index in [1.54, 1.807) is 12.1 Å². The van der Waals surface area contributed by atoms with E-state index in [1.165, 1.54) is 29.4 Å². The highest BCUT2D eigenvalue weighted by atomic mass is 16.6. The summed E-state index contributed by atoms with van der Waals surface area (Å²) >= 11 is 0. The van der Waals surface area contributed by atoms with Gasteiger partial charge in [0.05, 0.1) is 22.4 Å². The summed E-state index contributed by atoms with van der Waals surface area (Å²) in [4.78, 5) is 38.2. The first-order chi connectivity index (χ1) is 14.5. The molecule has 1 aliphatic heterocycles. The number of fused-ring (bicyclic) bond motifs is 1. The van der Waals surface area contributed by atoms with E-state index in [4.69, 9.17) is 0 Å². The summed E-state index contributed by atoms with van der Waals surface area (Å²) < 4.78 is 0. The Labute approximate surface area is 176 Å². The summed E-state index contributed by atoms with van der Waals surface area (Å²) in [7, 11) is 0. The van der Waals surface area contributed by atoms with Gasteiger partial charge in [0, 0.05) is 12.6 Å². The largest absolute Gasteiger partial charge is 0.379 e. The van der Waals surface area contributed by atoms with Crippen LogP contribution in [0.5, 0.6) is 0 Å². The van der Waals surface area contributed by atoms with E-state index in [2.05, 4.69) is 18.3 Å². The van der Waals surface area contributed by atoms with Gasteiger partial charge < -0.3 is 5.32 Å². The Morgan fingerprint density at radius 3 is 2.70 bits per heavy atom. The third-order valence-electron chi connectivity index (χ3n) is 6.77. The molecule has 1 saturated carbocycles. The maximum Gasteiger partial charge on any atom is 0.294 e. The molecule has 4 rings (SSSR count). The van der Waals surface area contributed by atoms with Gasteiger partial charge in [0.15, 0.2) is 0 Å². The zero-order valence-electron chi connectivity index (χ0n) is 17.4. The topological polar surface area (TPSA) is 92.6 Å². The van der Waals surface area contributed by atoms with Crippen LogP contribution < -0.4 is 10.2 Å². The molecule has 0 bridgehead atoms. The predicted molar refractivity (Wildman–Crippen MR) is 115 cm³/mol. The molecule has 7 nitrogen and oxygen atoms in total. The lowest BCUT2D eigenvalue weighted by Gasteiger charge is -2.25. The van der Waals surface area contributed by atoms with Crippen molar-refractivity contribution >= 4 is 28.9 Å². The average molecular weight is 412 g/mol. The Balaban J connectivity index is 1.51. The van der Waals surface area contributed by atoms with Crippen LogP contribution in [0.2, 0.25) is 0 Å². The van der Waals surface area contributed by atoms with E-state index in [-0.39, 0.29) is 29.3 Å². The number of nitro groups is 1. The summed E-state index contributed by atoms with van der Waals surface area (Å²) in [6.07, 6.45) is 10.2. The quantitative estimate of drug-likeness (QED) is 0.313. The van der Waals surface area contributed by atoms with Gasteiger partial charge in [-0.15, -0.1) is 0 Å². The fourth-order valence-corrected chi connectivity index (χ4v) is 5.09. The van der Waals surface area contributed by atoms with E-state index in [0.29, 0.717) is 36.7 Å². The number of allylic oxidation sites excluding steroid dienone is 1. The van der Waals surface area contributed by atoms with Crippen molar-refractivity contribution < 1.29 is 14.5 Å². The minimum Gasteiger partial charge on any atom is -0.379 e. The molecular weight excluding hydrogens is 382 g/mol. The molecule has 0 radical (unpaired) electrons. The molecule has 30 heavy (non-hydrogen) atoms. The number of hydrogen-bond donors (Lipinski definition) is 1. The lowest BCUT2D eigenvalue weighted by atomic mass is 9.76. The second kappa shape index (κ2) is 8.58. The van der Waals surface area contributed by atoms with Crippen LogP contribution in [0.1, 0.15) is 58.3 Å². The van der Waals surface area contributed by atoms with E-state index >= 15 is 0 Å². The van der Waals surface area contributed by atoms with Crippen LogP contribution in [0.25, 0.3) is 0 Å². The number of carbonyl (C=O) groups is 2. The standard InChI is InChI=1S/C23H29N3O4/c1-15-7-9-18-19(13-15)23(28)25(22(18)27)17-8-10-20(21(14-17)26(29)30)24-12-11-16-5-3-2-4-6-16/h5,8,10,14-15,18-19,24H,2-4,6-7,9,11-13H2,1H3/t15-,18-,19+/m1/s1. The zero-order chi connectivity index (χ0) is 21.3. The molecule has 3 atom stereocenters. The molecule has 1 heterocycles. The Morgan fingerprint density at radius 1 is 1.17 bits per heavy atom. The molecule has 3 aliphatic rings. The molecule has 1 saturated heterocycles. The molecule has 0 unspecified atom stereocenters. The Hall–Kier alpha value is -2.70. The van der Waals surface area contributed by atoms with E-state index < -0.39 is 4.92 Å². The number of nitro benzene ring substituents is 1. The molecule has 0 aromatic heterocycles. The summed E-state index contributed by atoms with van der Waals surface area (Å²) in [6.45, 7) is 2.72. The number of benzene rings is 1. The van der Waals surface area contributed by atoms with Crippen LogP contribution in [0.4, 0.5) is 17.1 Å². The van der Waals surface area contributed by atoms with Crippen LogP contribution in [-0.4, -0.2) is 23.3 Å². The normalized spacial score (nSPS) is 26.4. The lowest BCUT2D eigenvalue weighted by Crippen LogP contribution is -2.31. The third-order valence-corrected chi connectivity index (χ3v) is 6.77. The minimum atomic E-state index is -0.453. The van der Waals surface area contributed by atoms with E-state index in [1.807, 2.05) is 0 Å². The van der Waals surface area contributed by atoms with Crippen molar-refractivity contribution in [2.24, 2.45) is 17.8 Å². The Kier molecular flexibility index (Phi) is 5.88. The van der Waals surface area contributed by atoms with Gasteiger partial charge in [-0.2, -0.15) is 0 Å². The molecule has 1 aromatic carbocycles. The first kappa shape index (κ1) is 20.6. The van der Waals surface area contributed by atoms with Crippen molar-refractivity contribution in [1.82, 2.24) is 0 Å². The van der Waals surface area contributed by atoms with Crippen molar-refractivity contribution in [1.29, 1.82) is 0 Å².